The lowest BCUT2D eigenvalue weighted by molar-refractivity contribution is 0.186. The Labute approximate surface area is 120 Å². The Bertz CT molecular complexity index is 527. The maximum Gasteiger partial charge on any atom is 0.243 e. The molecular weight excluding hydrogens is 278 g/mol. The van der Waals surface area contributed by atoms with E-state index in [1.54, 1.807) is 31.4 Å². The number of aliphatic hydroxyl groups is 1. The maximum absolute atomic E-state index is 12.7. The van der Waals surface area contributed by atoms with E-state index in [1.807, 2.05) is 0 Å². The molecule has 0 spiro atoms. The van der Waals surface area contributed by atoms with Gasteiger partial charge >= 0.3 is 0 Å². The van der Waals surface area contributed by atoms with Crippen molar-refractivity contribution in [3.8, 4) is 5.75 Å². The number of aliphatic hydroxyl groups excluding tert-OH is 1. The molecule has 1 aliphatic rings. The van der Waals surface area contributed by atoms with Crippen LogP contribution in [0.1, 0.15) is 25.7 Å². The van der Waals surface area contributed by atoms with Crippen LogP contribution >= 0.6 is 0 Å². The lowest BCUT2D eigenvalue weighted by atomic mass is 10.1. The molecule has 20 heavy (non-hydrogen) atoms. The van der Waals surface area contributed by atoms with Gasteiger partial charge in [0.1, 0.15) is 5.75 Å². The molecule has 1 fully saturated rings. The lowest BCUT2D eigenvalue weighted by Crippen LogP contribution is -2.41. The van der Waals surface area contributed by atoms with Gasteiger partial charge in [-0.3, -0.25) is 0 Å². The second-order valence-electron chi connectivity index (χ2n) is 4.98. The van der Waals surface area contributed by atoms with E-state index in [4.69, 9.17) is 4.74 Å². The molecule has 1 aromatic rings. The molecule has 1 aliphatic heterocycles. The van der Waals surface area contributed by atoms with Crippen molar-refractivity contribution in [3.63, 3.8) is 0 Å². The standard InChI is InChI=1S/C14H21NO4S/c1-19-13-6-8-14(9-7-13)20(17,18)15-10-4-2-3-5-12(15)11-16/h6-9,12,16H,2-5,10-11H2,1H3. The Balaban J connectivity index is 2.30. The number of methoxy groups -OCH3 is 1. The molecule has 0 amide bonds. The first-order valence-electron chi connectivity index (χ1n) is 6.86. The third kappa shape index (κ3) is 3.13. The number of sulfonamides is 1. The Morgan fingerprint density at radius 1 is 1.25 bits per heavy atom. The third-order valence-electron chi connectivity index (χ3n) is 3.70. The topological polar surface area (TPSA) is 66.8 Å². The summed E-state index contributed by atoms with van der Waals surface area (Å²) in [6, 6.07) is 6.06. The van der Waals surface area contributed by atoms with Crippen LogP contribution < -0.4 is 4.74 Å². The second kappa shape index (κ2) is 6.56. The van der Waals surface area contributed by atoms with Gasteiger partial charge in [0.05, 0.1) is 18.6 Å². The zero-order valence-corrected chi connectivity index (χ0v) is 12.5. The third-order valence-corrected chi connectivity index (χ3v) is 5.67. The van der Waals surface area contributed by atoms with Crippen LogP contribution in [0.15, 0.2) is 29.2 Å². The maximum atomic E-state index is 12.7. The van der Waals surface area contributed by atoms with Crippen LogP contribution in [0.3, 0.4) is 0 Å². The normalized spacial score (nSPS) is 21.4. The van der Waals surface area contributed by atoms with Crippen molar-refractivity contribution >= 4 is 10.0 Å². The van der Waals surface area contributed by atoms with Crippen LogP contribution in [0.25, 0.3) is 0 Å². The minimum Gasteiger partial charge on any atom is -0.497 e. The Morgan fingerprint density at radius 3 is 2.55 bits per heavy atom. The van der Waals surface area contributed by atoms with Crippen molar-refractivity contribution in [1.29, 1.82) is 0 Å². The highest BCUT2D eigenvalue weighted by atomic mass is 32.2. The first-order chi connectivity index (χ1) is 9.59. The van der Waals surface area contributed by atoms with Gasteiger partial charge in [-0.05, 0) is 37.1 Å². The molecule has 5 nitrogen and oxygen atoms in total. The molecule has 0 radical (unpaired) electrons. The fourth-order valence-electron chi connectivity index (χ4n) is 2.53. The van der Waals surface area contributed by atoms with E-state index in [-0.39, 0.29) is 17.5 Å². The highest BCUT2D eigenvalue weighted by Crippen LogP contribution is 2.25. The number of hydrogen-bond donors (Lipinski definition) is 1. The van der Waals surface area contributed by atoms with Gasteiger partial charge in [-0.1, -0.05) is 12.8 Å². The summed E-state index contributed by atoms with van der Waals surface area (Å²) in [4.78, 5) is 0.249. The predicted molar refractivity (Wildman–Crippen MR) is 76.2 cm³/mol. The monoisotopic (exact) mass is 299 g/mol. The second-order valence-corrected chi connectivity index (χ2v) is 6.87. The fraction of sp³-hybridized carbons (Fsp3) is 0.571. The van der Waals surface area contributed by atoms with E-state index in [9.17, 15) is 13.5 Å². The van der Waals surface area contributed by atoms with Crippen molar-refractivity contribution in [3.05, 3.63) is 24.3 Å². The fourth-order valence-corrected chi connectivity index (χ4v) is 4.22. The molecule has 1 aromatic carbocycles. The van der Waals surface area contributed by atoms with Crippen molar-refractivity contribution in [2.45, 2.75) is 36.6 Å². The molecule has 0 bridgehead atoms. The first kappa shape index (κ1) is 15.3. The van der Waals surface area contributed by atoms with Gasteiger partial charge in [0.2, 0.25) is 10.0 Å². The van der Waals surface area contributed by atoms with Gasteiger partial charge < -0.3 is 9.84 Å². The van der Waals surface area contributed by atoms with E-state index < -0.39 is 10.0 Å². The van der Waals surface area contributed by atoms with E-state index in [0.29, 0.717) is 18.7 Å². The highest BCUT2D eigenvalue weighted by molar-refractivity contribution is 7.89. The minimum atomic E-state index is -3.55. The molecule has 1 unspecified atom stereocenters. The Morgan fingerprint density at radius 2 is 1.95 bits per heavy atom. The number of ether oxygens (including phenoxy) is 1. The summed E-state index contributed by atoms with van der Waals surface area (Å²) in [7, 11) is -2.01. The molecule has 0 aromatic heterocycles. The van der Waals surface area contributed by atoms with Crippen LogP contribution in [-0.2, 0) is 10.0 Å². The minimum absolute atomic E-state index is 0.130. The lowest BCUT2D eigenvalue weighted by Gasteiger charge is -2.27. The molecule has 0 saturated carbocycles. The molecule has 6 heteroatoms. The summed E-state index contributed by atoms with van der Waals surface area (Å²) < 4.78 is 31.9. The summed E-state index contributed by atoms with van der Waals surface area (Å²) in [6.07, 6.45) is 3.52. The Kier molecular flexibility index (Phi) is 5.01. The Hall–Kier alpha value is -1.11. The van der Waals surface area contributed by atoms with Crippen LogP contribution in [0, 0.1) is 0 Å². The summed E-state index contributed by atoms with van der Waals surface area (Å²) in [6.45, 7) is 0.342. The number of hydrogen-bond acceptors (Lipinski definition) is 4. The SMILES string of the molecule is COc1ccc(S(=O)(=O)N2CCCCCC2CO)cc1. The molecule has 1 N–H and O–H groups in total. The van der Waals surface area contributed by atoms with Gasteiger partial charge in [0.25, 0.3) is 0 Å². The first-order valence-corrected chi connectivity index (χ1v) is 8.30. The molecule has 0 aliphatic carbocycles. The van der Waals surface area contributed by atoms with Crippen LogP contribution in [-0.4, -0.2) is 44.1 Å². The molecule has 1 atom stereocenters. The number of rotatable bonds is 4. The van der Waals surface area contributed by atoms with Gasteiger partial charge in [-0.15, -0.1) is 0 Å². The highest BCUT2D eigenvalue weighted by Gasteiger charge is 2.31. The van der Waals surface area contributed by atoms with E-state index >= 15 is 0 Å². The van der Waals surface area contributed by atoms with Gasteiger partial charge in [0.15, 0.2) is 0 Å². The zero-order valence-electron chi connectivity index (χ0n) is 11.7. The summed E-state index contributed by atoms with van der Waals surface area (Å²) >= 11 is 0. The quantitative estimate of drug-likeness (QED) is 0.917. The van der Waals surface area contributed by atoms with Crippen molar-refractivity contribution < 1.29 is 18.3 Å². The average Bonchev–Trinajstić information content (AvgIpc) is 2.73. The molecule has 2 rings (SSSR count). The number of nitrogens with zero attached hydrogens (tertiary/aromatic N) is 1. The van der Waals surface area contributed by atoms with Gasteiger partial charge in [-0.2, -0.15) is 4.31 Å². The molecular formula is C14H21NO4S. The number of benzene rings is 1. The average molecular weight is 299 g/mol. The molecule has 112 valence electrons. The van der Waals surface area contributed by atoms with Crippen LogP contribution in [0.2, 0.25) is 0 Å². The van der Waals surface area contributed by atoms with Crippen molar-refractivity contribution in [2.24, 2.45) is 0 Å². The smallest absolute Gasteiger partial charge is 0.243 e. The summed E-state index contributed by atoms with van der Waals surface area (Å²) in [5.41, 5.74) is 0. The van der Waals surface area contributed by atoms with E-state index in [2.05, 4.69) is 0 Å². The van der Waals surface area contributed by atoms with Gasteiger partial charge in [-0.25, -0.2) is 8.42 Å². The van der Waals surface area contributed by atoms with E-state index in [0.717, 1.165) is 19.3 Å². The van der Waals surface area contributed by atoms with Crippen LogP contribution in [0.4, 0.5) is 0 Å². The van der Waals surface area contributed by atoms with E-state index in [1.165, 1.54) is 4.31 Å². The predicted octanol–water partition coefficient (Wildman–Crippen LogP) is 1.62. The van der Waals surface area contributed by atoms with Crippen molar-refractivity contribution in [2.75, 3.05) is 20.3 Å². The summed E-state index contributed by atoms with van der Waals surface area (Å²) in [5, 5.41) is 9.45. The molecule has 1 heterocycles. The summed E-state index contributed by atoms with van der Waals surface area (Å²) in [5.74, 6) is 0.624. The van der Waals surface area contributed by atoms with Crippen LogP contribution in [0.5, 0.6) is 5.75 Å². The zero-order chi connectivity index (χ0) is 14.6. The van der Waals surface area contributed by atoms with Gasteiger partial charge in [0, 0.05) is 12.6 Å². The molecule has 1 saturated heterocycles. The largest absolute Gasteiger partial charge is 0.497 e. The van der Waals surface area contributed by atoms with Crippen molar-refractivity contribution in [1.82, 2.24) is 4.31 Å².